The van der Waals surface area contributed by atoms with Crippen LogP contribution in [0.15, 0.2) is 27.1 Å². The molecule has 8 heteroatoms. The summed E-state index contributed by atoms with van der Waals surface area (Å²) in [6.07, 6.45) is 4.20. The first-order chi connectivity index (χ1) is 8.69. The monoisotopic (exact) mass is 249 g/mol. The number of aliphatic imine (C=N–C) groups is 3. The Kier molecular flexibility index (Phi) is 2.46. The van der Waals surface area contributed by atoms with Crippen molar-refractivity contribution in [2.45, 2.75) is 18.4 Å². The van der Waals surface area contributed by atoms with Gasteiger partial charge in [-0.25, -0.2) is 0 Å². The van der Waals surface area contributed by atoms with Crippen LogP contribution in [0.2, 0.25) is 0 Å². The smallest absolute Gasteiger partial charge is 0.281 e. The molecule has 3 unspecified atom stereocenters. The number of guanidine groups is 1. The highest BCUT2D eigenvalue weighted by molar-refractivity contribution is 6.21. The number of aliphatic hydroxyl groups is 1. The Labute approximate surface area is 102 Å². The van der Waals surface area contributed by atoms with Crippen LogP contribution < -0.4 is 5.73 Å². The van der Waals surface area contributed by atoms with Crippen molar-refractivity contribution in [1.82, 2.24) is 4.90 Å². The molecule has 0 saturated carbocycles. The molecule has 0 bridgehead atoms. The largest absolute Gasteiger partial charge is 0.393 e. The predicted molar refractivity (Wildman–Crippen MR) is 63.1 cm³/mol. The summed E-state index contributed by atoms with van der Waals surface area (Å²) in [4.78, 5) is 24.8. The van der Waals surface area contributed by atoms with Crippen LogP contribution in [0, 0.1) is 0 Å². The molecule has 0 radical (unpaired) electrons. The molecule has 18 heavy (non-hydrogen) atoms. The lowest BCUT2D eigenvalue weighted by atomic mass is 10.2. The molecule has 0 aliphatic carbocycles. The van der Waals surface area contributed by atoms with Gasteiger partial charge in [-0.2, -0.15) is 9.98 Å². The number of carbonyl (C=O) groups is 1. The maximum atomic E-state index is 11.6. The van der Waals surface area contributed by atoms with Crippen molar-refractivity contribution in [2.75, 3.05) is 6.61 Å². The van der Waals surface area contributed by atoms with E-state index in [2.05, 4.69) is 15.0 Å². The van der Waals surface area contributed by atoms with Crippen LogP contribution in [-0.4, -0.2) is 59.0 Å². The van der Waals surface area contributed by atoms with Crippen LogP contribution >= 0.6 is 0 Å². The first-order valence-corrected chi connectivity index (χ1v) is 5.42. The molecular weight excluding hydrogens is 238 g/mol. The Balaban J connectivity index is 1.84. The third-order valence-electron chi connectivity index (χ3n) is 2.80. The van der Waals surface area contributed by atoms with E-state index in [-0.39, 0.29) is 18.7 Å². The lowest BCUT2D eigenvalue weighted by Gasteiger charge is -2.25. The molecule has 3 N–H and O–H groups in total. The van der Waals surface area contributed by atoms with E-state index in [0.29, 0.717) is 5.84 Å². The number of nitrogens with zero attached hydrogens (tertiary/aromatic N) is 4. The third-order valence-corrected chi connectivity index (χ3v) is 2.80. The fourth-order valence-corrected chi connectivity index (χ4v) is 1.96. The summed E-state index contributed by atoms with van der Waals surface area (Å²) in [5, 5.41) is 8.99. The number of hydrogen-bond acceptors (Lipinski definition) is 7. The second kappa shape index (κ2) is 4.00. The van der Waals surface area contributed by atoms with Gasteiger partial charge in [0.1, 0.15) is 6.10 Å². The van der Waals surface area contributed by atoms with Gasteiger partial charge in [0.2, 0.25) is 5.96 Å². The standard InChI is InChI=1S/C10H11N5O3/c11-10-13-8-7(9(17)14-10)12-4-15(8)6-2-1-5(3-16)18-6/h1-2,4-7,16H,3H2,(H2,11,14,17). The summed E-state index contributed by atoms with van der Waals surface area (Å²) in [5.74, 6) is -0.111. The zero-order valence-electron chi connectivity index (χ0n) is 9.30. The number of carbonyl (C=O) groups excluding carboxylic acids is 1. The Morgan fingerprint density at radius 2 is 2.28 bits per heavy atom. The number of rotatable bonds is 2. The highest BCUT2D eigenvalue weighted by Crippen LogP contribution is 2.21. The van der Waals surface area contributed by atoms with Crippen molar-refractivity contribution in [3.8, 4) is 0 Å². The molecule has 0 aromatic heterocycles. The number of ether oxygens (including phenoxy) is 1. The second-order valence-electron chi connectivity index (χ2n) is 3.99. The first-order valence-electron chi connectivity index (χ1n) is 5.42. The van der Waals surface area contributed by atoms with E-state index >= 15 is 0 Å². The molecule has 0 fully saturated rings. The molecule has 0 aromatic rings. The molecule has 8 nitrogen and oxygen atoms in total. The summed E-state index contributed by atoms with van der Waals surface area (Å²) in [5.41, 5.74) is 5.46. The first kappa shape index (κ1) is 11.1. The molecule has 3 atom stereocenters. The maximum absolute atomic E-state index is 11.6. The van der Waals surface area contributed by atoms with Gasteiger partial charge in [0, 0.05) is 0 Å². The van der Waals surface area contributed by atoms with Gasteiger partial charge < -0.3 is 15.6 Å². The van der Waals surface area contributed by atoms with Crippen LogP contribution in [0.25, 0.3) is 0 Å². The van der Waals surface area contributed by atoms with Gasteiger partial charge >= 0.3 is 0 Å². The molecule has 3 aliphatic rings. The van der Waals surface area contributed by atoms with E-state index in [9.17, 15) is 4.79 Å². The minimum atomic E-state index is -0.734. The number of fused-ring (bicyclic) bond motifs is 1. The van der Waals surface area contributed by atoms with Crippen molar-refractivity contribution in [1.29, 1.82) is 0 Å². The second-order valence-corrected chi connectivity index (χ2v) is 3.99. The molecule has 0 aromatic carbocycles. The molecule has 3 rings (SSSR count). The fraction of sp³-hybridized carbons (Fsp3) is 0.400. The van der Waals surface area contributed by atoms with Gasteiger partial charge in [-0.1, -0.05) is 6.08 Å². The highest BCUT2D eigenvalue weighted by atomic mass is 16.5. The van der Waals surface area contributed by atoms with Crippen LogP contribution in [0.5, 0.6) is 0 Å². The van der Waals surface area contributed by atoms with E-state index in [1.165, 1.54) is 6.34 Å². The molecule has 3 aliphatic heterocycles. The molecular formula is C10H11N5O3. The van der Waals surface area contributed by atoms with E-state index in [1.54, 1.807) is 17.1 Å². The van der Waals surface area contributed by atoms with E-state index in [4.69, 9.17) is 15.6 Å². The summed E-state index contributed by atoms with van der Waals surface area (Å²) >= 11 is 0. The lowest BCUT2D eigenvalue weighted by molar-refractivity contribution is -0.117. The Bertz CT molecular complexity index is 510. The summed E-state index contributed by atoms with van der Waals surface area (Å²) in [6.45, 7) is -0.101. The molecule has 0 spiro atoms. The summed E-state index contributed by atoms with van der Waals surface area (Å²) in [7, 11) is 0. The normalized spacial score (nSPS) is 33.7. The number of amidine groups is 1. The van der Waals surface area contributed by atoms with Gasteiger partial charge in [0.15, 0.2) is 18.1 Å². The van der Waals surface area contributed by atoms with E-state index in [0.717, 1.165) is 0 Å². The van der Waals surface area contributed by atoms with Crippen molar-refractivity contribution in [3.63, 3.8) is 0 Å². The average Bonchev–Trinajstić information content (AvgIpc) is 2.93. The van der Waals surface area contributed by atoms with Gasteiger partial charge in [0.25, 0.3) is 5.91 Å². The number of aliphatic hydroxyl groups excluding tert-OH is 1. The van der Waals surface area contributed by atoms with Crippen molar-refractivity contribution in [3.05, 3.63) is 12.2 Å². The number of nitrogens with two attached hydrogens (primary N) is 1. The molecule has 1 amide bonds. The van der Waals surface area contributed by atoms with Crippen LogP contribution in [0.4, 0.5) is 0 Å². The van der Waals surface area contributed by atoms with E-state index in [1.807, 2.05) is 0 Å². The Morgan fingerprint density at radius 3 is 3.00 bits per heavy atom. The van der Waals surface area contributed by atoms with Crippen LogP contribution in [0.3, 0.4) is 0 Å². The van der Waals surface area contributed by atoms with Gasteiger partial charge in [-0.05, 0) is 6.08 Å². The Hall–Kier alpha value is -2.06. The van der Waals surface area contributed by atoms with Gasteiger partial charge in [0.05, 0.1) is 12.9 Å². The van der Waals surface area contributed by atoms with Gasteiger partial charge in [-0.15, -0.1) is 0 Å². The Morgan fingerprint density at radius 1 is 1.44 bits per heavy atom. The van der Waals surface area contributed by atoms with Crippen molar-refractivity contribution in [2.24, 2.45) is 20.7 Å². The third kappa shape index (κ3) is 1.62. The maximum Gasteiger partial charge on any atom is 0.281 e. The topological polar surface area (TPSA) is 113 Å². The summed E-state index contributed by atoms with van der Waals surface area (Å²) < 4.78 is 5.51. The summed E-state index contributed by atoms with van der Waals surface area (Å²) in [6, 6.07) is -0.734. The zero-order valence-corrected chi connectivity index (χ0v) is 9.30. The minimum absolute atomic E-state index is 0.0811. The van der Waals surface area contributed by atoms with Crippen molar-refractivity contribution >= 4 is 24.0 Å². The molecule has 0 saturated heterocycles. The van der Waals surface area contributed by atoms with Gasteiger partial charge in [-0.3, -0.25) is 14.7 Å². The quantitative estimate of drug-likeness (QED) is 0.562. The van der Waals surface area contributed by atoms with E-state index < -0.39 is 18.2 Å². The molecule has 3 heterocycles. The lowest BCUT2D eigenvalue weighted by Crippen LogP contribution is -2.44. The average molecular weight is 249 g/mol. The number of hydrogen-bond donors (Lipinski definition) is 2. The molecule has 94 valence electrons. The van der Waals surface area contributed by atoms with Crippen LogP contribution in [0.1, 0.15) is 0 Å². The van der Waals surface area contributed by atoms with Crippen LogP contribution in [-0.2, 0) is 9.53 Å². The minimum Gasteiger partial charge on any atom is -0.393 e. The predicted octanol–water partition coefficient (Wildman–Crippen LogP) is -1.77. The SMILES string of the molecule is NC1=NC(=O)C2N=CN(C3C=CC(CO)O3)C2=N1. The number of amides is 1. The fourth-order valence-electron chi connectivity index (χ4n) is 1.96. The zero-order chi connectivity index (χ0) is 12.7. The highest BCUT2D eigenvalue weighted by Gasteiger charge is 2.39. The van der Waals surface area contributed by atoms with Crippen molar-refractivity contribution < 1.29 is 14.6 Å².